The van der Waals surface area contributed by atoms with E-state index in [9.17, 15) is 0 Å². The summed E-state index contributed by atoms with van der Waals surface area (Å²) in [5.74, 6) is 0.491. The van der Waals surface area contributed by atoms with Gasteiger partial charge in [0.1, 0.15) is 11.6 Å². The van der Waals surface area contributed by atoms with E-state index in [1.54, 1.807) is 0 Å². The van der Waals surface area contributed by atoms with Gasteiger partial charge in [-0.3, -0.25) is 0 Å². The van der Waals surface area contributed by atoms with Crippen molar-refractivity contribution in [2.24, 2.45) is 0 Å². The third-order valence-corrected chi connectivity index (χ3v) is 3.64. The number of aromatic nitrogens is 1. The number of hydrogen-bond donors (Lipinski definition) is 1. The summed E-state index contributed by atoms with van der Waals surface area (Å²) in [7, 11) is 0. The fourth-order valence-electron chi connectivity index (χ4n) is 2.15. The van der Waals surface area contributed by atoms with Gasteiger partial charge in [0.05, 0.1) is 6.10 Å². The molecule has 2 rings (SSSR count). The van der Waals surface area contributed by atoms with E-state index in [-0.39, 0.29) is 11.6 Å². The van der Waals surface area contributed by atoms with Crippen molar-refractivity contribution in [3.63, 3.8) is 0 Å². The number of nitrogens with one attached hydrogen (secondary N) is 1. The monoisotopic (exact) mass is 312 g/mol. The molecule has 1 atom stereocenters. The molecule has 1 aliphatic heterocycles. The van der Waals surface area contributed by atoms with E-state index < -0.39 is 0 Å². The predicted molar refractivity (Wildman–Crippen MR) is 84.9 cm³/mol. The minimum Gasteiger partial charge on any atom is -0.474 e. The molecule has 4 nitrogen and oxygen atoms in total. The number of halogens is 1. The first-order chi connectivity index (χ1) is 9.94. The number of ether oxygens (including phenoxy) is 2. The van der Waals surface area contributed by atoms with Crippen molar-refractivity contribution in [3.8, 4) is 5.88 Å². The molecular formula is C16H25ClN2O2. The summed E-state index contributed by atoms with van der Waals surface area (Å²) in [4.78, 5) is 4.31. The van der Waals surface area contributed by atoms with Crippen molar-refractivity contribution in [1.29, 1.82) is 0 Å². The van der Waals surface area contributed by atoms with Crippen molar-refractivity contribution >= 4 is 11.6 Å². The molecule has 0 spiro atoms. The molecule has 118 valence electrons. The van der Waals surface area contributed by atoms with Gasteiger partial charge in [0, 0.05) is 24.9 Å². The van der Waals surface area contributed by atoms with Gasteiger partial charge < -0.3 is 14.8 Å². The van der Waals surface area contributed by atoms with Gasteiger partial charge in [-0.15, -0.1) is 0 Å². The largest absolute Gasteiger partial charge is 0.474 e. The summed E-state index contributed by atoms with van der Waals surface area (Å²) in [5, 5.41) is 3.96. The smallest absolute Gasteiger partial charge is 0.232 e. The van der Waals surface area contributed by atoms with Crippen LogP contribution in [0.1, 0.15) is 45.6 Å². The topological polar surface area (TPSA) is 43.4 Å². The zero-order valence-electron chi connectivity index (χ0n) is 13.1. The highest BCUT2D eigenvalue weighted by Crippen LogP contribution is 2.24. The van der Waals surface area contributed by atoms with E-state index in [1.165, 1.54) is 6.42 Å². The zero-order chi connectivity index (χ0) is 15.3. The first kappa shape index (κ1) is 16.5. The Kier molecular flexibility index (Phi) is 5.85. The van der Waals surface area contributed by atoms with E-state index in [1.807, 2.05) is 12.3 Å². The molecule has 2 heterocycles. The summed E-state index contributed by atoms with van der Waals surface area (Å²) >= 11 is 6.24. The van der Waals surface area contributed by atoms with Gasteiger partial charge in [0.15, 0.2) is 0 Å². The molecule has 0 saturated carbocycles. The van der Waals surface area contributed by atoms with E-state index in [2.05, 4.69) is 31.1 Å². The molecular weight excluding hydrogens is 288 g/mol. The average molecular weight is 313 g/mol. The Hall–Kier alpha value is -0.840. The summed E-state index contributed by atoms with van der Waals surface area (Å²) in [6.45, 7) is 8.47. The van der Waals surface area contributed by atoms with Crippen LogP contribution in [0, 0.1) is 0 Å². The molecule has 1 aliphatic rings. The molecule has 21 heavy (non-hydrogen) atoms. The molecule has 0 aromatic carbocycles. The molecule has 0 aliphatic carbocycles. The van der Waals surface area contributed by atoms with Crippen LogP contribution in [0.15, 0.2) is 12.3 Å². The maximum atomic E-state index is 6.24. The van der Waals surface area contributed by atoms with Gasteiger partial charge in [0.25, 0.3) is 0 Å². The van der Waals surface area contributed by atoms with Crippen molar-refractivity contribution in [1.82, 2.24) is 10.3 Å². The molecule has 1 N–H and O–H groups in total. The molecule has 1 fully saturated rings. The molecule has 1 unspecified atom stereocenters. The van der Waals surface area contributed by atoms with Crippen molar-refractivity contribution in [2.45, 2.75) is 58.2 Å². The molecule has 0 radical (unpaired) electrons. The normalized spacial score (nSPS) is 19.5. The van der Waals surface area contributed by atoms with E-state index >= 15 is 0 Å². The fraction of sp³-hybridized carbons (Fsp3) is 0.688. The van der Waals surface area contributed by atoms with Crippen LogP contribution in [0.3, 0.4) is 0 Å². The number of hydrogen-bond acceptors (Lipinski definition) is 4. The third-order valence-electron chi connectivity index (χ3n) is 3.37. The second-order valence-corrected chi connectivity index (χ2v) is 6.94. The fourth-order valence-corrected chi connectivity index (χ4v) is 2.39. The summed E-state index contributed by atoms with van der Waals surface area (Å²) < 4.78 is 11.3. The third kappa shape index (κ3) is 5.81. The van der Waals surface area contributed by atoms with Gasteiger partial charge in [-0.2, -0.15) is 0 Å². The molecule has 1 saturated heterocycles. The van der Waals surface area contributed by atoms with Gasteiger partial charge in [-0.25, -0.2) is 4.98 Å². The standard InChI is InChI=1S/C16H25ClN2O2/c1-16(2,3)19-10-12-8-14(17)15(18-9-12)21-11-13-6-4-5-7-20-13/h8-9,13,19H,4-7,10-11H2,1-3H3. The SMILES string of the molecule is CC(C)(C)NCc1cnc(OCC2CCCCO2)c(Cl)c1. The Balaban J connectivity index is 1.86. The Labute approximate surface area is 132 Å². The molecule has 5 heteroatoms. The minimum atomic E-state index is 0.0694. The van der Waals surface area contributed by atoms with Crippen LogP contribution in [-0.4, -0.2) is 29.8 Å². The lowest BCUT2D eigenvalue weighted by molar-refractivity contribution is -0.0119. The first-order valence-corrected chi connectivity index (χ1v) is 7.96. The summed E-state index contributed by atoms with van der Waals surface area (Å²) in [6.07, 6.45) is 5.36. The highest BCUT2D eigenvalue weighted by Gasteiger charge is 2.16. The van der Waals surface area contributed by atoms with E-state index in [0.29, 0.717) is 17.5 Å². The molecule has 1 aromatic rings. The van der Waals surface area contributed by atoms with Crippen LogP contribution in [0.4, 0.5) is 0 Å². The number of nitrogens with zero attached hydrogens (tertiary/aromatic N) is 1. The lowest BCUT2D eigenvalue weighted by Crippen LogP contribution is -2.35. The van der Waals surface area contributed by atoms with Gasteiger partial charge >= 0.3 is 0 Å². The van der Waals surface area contributed by atoms with Gasteiger partial charge in [0.2, 0.25) is 5.88 Å². The lowest BCUT2D eigenvalue weighted by Gasteiger charge is -2.23. The van der Waals surface area contributed by atoms with Crippen molar-refractivity contribution in [2.75, 3.05) is 13.2 Å². The minimum absolute atomic E-state index is 0.0694. The molecule has 1 aromatic heterocycles. The van der Waals surface area contributed by atoms with Crippen LogP contribution < -0.4 is 10.1 Å². The van der Waals surface area contributed by atoms with Crippen LogP contribution >= 0.6 is 11.6 Å². The zero-order valence-corrected chi connectivity index (χ0v) is 13.9. The van der Waals surface area contributed by atoms with Crippen LogP contribution in [0.2, 0.25) is 5.02 Å². The average Bonchev–Trinajstić information content (AvgIpc) is 2.44. The highest BCUT2D eigenvalue weighted by molar-refractivity contribution is 6.31. The van der Waals surface area contributed by atoms with Gasteiger partial charge in [-0.05, 0) is 51.7 Å². The van der Waals surface area contributed by atoms with Crippen molar-refractivity contribution in [3.05, 3.63) is 22.8 Å². The maximum Gasteiger partial charge on any atom is 0.232 e. The second-order valence-electron chi connectivity index (χ2n) is 6.53. The Morgan fingerprint density at radius 2 is 2.24 bits per heavy atom. The van der Waals surface area contributed by atoms with Crippen molar-refractivity contribution < 1.29 is 9.47 Å². The maximum absolute atomic E-state index is 6.24. The Morgan fingerprint density at radius 3 is 2.86 bits per heavy atom. The summed E-state index contributed by atoms with van der Waals surface area (Å²) in [6, 6.07) is 1.91. The second kappa shape index (κ2) is 7.43. The Morgan fingerprint density at radius 1 is 1.43 bits per heavy atom. The van der Waals surface area contributed by atoms with Crippen LogP contribution in [0.5, 0.6) is 5.88 Å². The van der Waals surface area contributed by atoms with Crippen LogP contribution in [0.25, 0.3) is 0 Å². The van der Waals surface area contributed by atoms with Gasteiger partial charge in [-0.1, -0.05) is 11.6 Å². The number of rotatable bonds is 5. The van der Waals surface area contributed by atoms with E-state index in [0.717, 1.165) is 31.6 Å². The first-order valence-electron chi connectivity index (χ1n) is 7.58. The molecule has 0 bridgehead atoms. The lowest BCUT2D eigenvalue weighted by atomic mass is 10.1. The predicted octanol–water partition coefficient (Wildman–Crippen LogP) is 3.57. The quantitative estimate of drug-likeness (QED) is 0.902. The molecule has 0 amide bonds. The van der Waals surface area contributed by atoms with Crippen LogP contribution in [-0.2, 0) is 11.3 Å². The number of pyridine rings is 1. The summed E-state index contributed by atoms with van der Waals surface area (Å²) in [5.41, 5.74) is 1.12. The Bertz CT molecular complexity index is 454. The van der Waals surface area contributed by atoms with E-state index in [4.69, 9.17) is 21.1 Å². The highest BCUT2D eigenvalue weighted by atomic mass is 35.5.